The number of halogens is 3. The van der Waals surface area contributed by atoms with Gasteiger partial charge in [-0.15, -0.1) is 0 Å². The monoisotopic (exact) mass is 219 g/mol. The molecule has 0 aliphatic rings. The van der Waals surface area contributed by atoms with E-state index in [0.29, 0.717) is 0 Å². The van der Waals surface area contributed by atoms with Crippen LogP contribution in [0, 0.1) is 0 Å². The minimum atomic E-state index is -4.36. The van der Waals surface area contributed by atoms with E-state index in [1.165, 1.54) is 0 Å². The first kappa shape index (κ1) is 12.9. The maximum atomic E-state index is 11.5. The second-order valence-electron chi connectivity index (χ2n) is 2.51. The molecule has 0 aliphatic carbocycles. The van der Waals surface area contributed by atoms with Gasteiger partial charge in [0.15, 0.2) is 0 Å². The van der Waals surface area contributed by atoms with Crippen LogP contribution in [0.2, 0.25) is 0 Å². The van der Waals surface area contributed by atoms with Crippen molar-refractivity contribution < 1.29 is 22.1 Å². The van der Waals surface area contributed by atoms with E-state index in [1.807, 2.05) is 0 Å². The molecule has 0 heterocycles. The fourth-order valence-electron chi connectivity index (χ4n) is 0.463. The number of rotatable bonds is 5. The number of nitrogens with two attached hydrogens (primary N) is 1. The summed E-state index contributed by atoms with van der Waals surface area (Å²) >= 11 is 0. The standard InChI is InChI=1S/C6H12F3NO2S/c1-5(2-10)13(11)4-12-3-6(7,8)9/h5H,2-4,10H2,1H3. The van der Waals surface area contributed by atoms with E-state index in [9.17, 15) is 17.4 Å². The van der Waals surface area contributed by atoms with Crippen LogP contribution >= 0.6 is 0 Å². The van der Waals surface area contributed by atoms with Gasteiger partial charge in [0.25, 0.3) is 0 Å². The molecule has 7 heteroatoms. The van der Waals surface area contributed by atoms with Crippen LogP contribution in [-0.2, 0) is 15.5 Å². The van der Waals surface area contributed by atoms with Gasteiger partial charge in [0.2, 0.25) is 0 Å². The fourth-order valence-corrected chi connectivity index (χ4v) is 1.16. The maximum absolute atomic E-state index is 11.5. The first-order valence-corrected chi connectivity index (χ1v) is 4.96. The van der Waals surface area contributed by atoms with Gasteiger partial charge < -0.3 is 10.5 Å². The van der Waals surface area contributed by atoms with Gasteiger partial charge in [-0.25, -0.2) is 0 Å². The van der Waals surface area contributed by atoms with Crippen molar-refractivity contribution in [2.45, 2.75) is 18.3 Å². The zero-order valence-electron chi connectivity index (χ0n) is 7.13. The SMILES string of the molecule is CC(CN)S(=O)COCC(F)(F)F. The molecule has 0 saturated heterocycles. The Labute approximate surface area is 76.9 Å². The van der Waals surface area contributed by atoms with Crippen molar-refractivity contribution in [3.63, 3.8) is 0 Å². The van der Waals surface area contributed by atoms with E-state index in [2.05, 4.69) is 4.74 Å². The van der Waals surface area contributed by atoms with Crippen molar-refractivity contribution in [2.24, 2.45) is 5.73 Å². The quantitative estimate of drug-likeness (QED) is 0.737. The molecule has 0 bridgehead atoms. The highest BCUT2D eigenvalue weighted by molar-refractivity contribution is 7.85. The third-order valence-corrected chi connectivity index (χ3v) is 2.73. The topological polar surface area (TPSA) is 52.3 Å². The largest absolute Gasteiger partial charge is 0.411 e. The Kier molecular flexibility index (Phi) is 5.50. The summed E-state index contributed by atoms with van der Waals surface area (Å²) in [6.07, 6.45) is -4.36. The Balaban J connectivity index is 3.60. The van der Waals surface area contributed by atoms with Crippen LogP contribution in [0.4, 0.5) is 13.2 Å². The van der Waals surface area contributed by atoms with Crippen molar-refractivity contribution in [3.8, 4) is 0 Å². The molecule has 2 N–H and O–H groups in total. The van der Waals surface area contributed by atoms with Gasteiger partial charge in [-0.05, 0) is 6.92 Å². The van der Waals surface area contributed by atoms with Crippen LogP contribution in [0.5, 0.6) is 0 Å². The molecular weight excluding hydrogens is 207 g/mol. The highest BCUT2D eigenvalue weighted by Gasteiger charge is 2.27. The summed E-state index contributed by atoms with van der Waals surface area (Å²) < 4.78 is 49.8. The molecule has 2 atom stereocenters. The summed E-state index contributed by atoms with van der Waals surface area (Å²) in [5.74, 6) is -0.419. The minimum absolute atomic E-state index is 0.169. The smallest absolute Gasteiger partial charge is 0.359 e. The third kappa shape index (κ3) is 6.97. The molecule has 80 valence electrons. The molecule has 0 aliphatic heterocycles. The molecule has 0 radical (unpaired) electrons. The summed E-state index contributed by atoms with van der Waals surface area (Å²) in [5, 5.41) is -0.340. The Morgan fingerprint density at radius 1 is 1.54 bits per heavy atom. The predicted octanol–water partition coefficient (Wildman–Crippen LogP) is 0.619. The lowest BCUT2D eigenvalue weighted by molar-refractivity contribution is -0.169. The van der Waals surface area contributed by atoms with Gasteiger partial charge in [-0.1, -0.05) is 0 Å². The van der Waals surface area contributed by atoms with Crippen LogP contribution in [0.1, 0.15) is 6.92 Å². The van der Waals surface area contributed by atoms with E-state index < -0.39 is 29.5 Å². The van der Waals surface area contributed by atoms with Gasteiger partial charge in [-0.3, -0.25) is 4.21 Å². The van der Waals surface area contributed by atoms with Crippen molar-refractivity contribution in [2.75, 3.05) is 19.1 Å². The zero-order chi connectivity index (χ0) is 10.5. The molecular formula is C6H12F3NO2S. The van der Waals surface area contributed by atoms with Gasteiger partial charge in [-0.2, -0.15) is 13.2 Å². The van der Waals surface area contributed by atoms with Gasteiger partial charge in [0, 0.05) is 11.8 Å². The van der Waals surface area contributed by atoms with E-state index in [0.717, 1.165) is 0 Å². The lowest BCUT2D eigenvalue weighted by Crippen LogP contribution is -2.26. The average Bonchev–Trinajstić information content (AvgIpc) is 2.00. The highest BCUT2D eigenvalue weighted by atomic mass is 32.2. The Hall–Kier alpha value is -0.140. The molecule has 0 spiro atoms. The van der Waals surface area contributed by atoms with Crippen molar-refractivity contribution in [3.05, 3.63) is 0 Å². The van der Waals surface area contributed by atoms with Crippen LogP contribution in [-0.4, -0.2) is 34.7 Å². The summed E-state index contributed by atoms with van der Waals surface area (Å²) in [5.41, 5.74) is 5.16. The fraction of sp³-hybridized carbons (Fsp3) is 1.00. The van der Waals surface area contributed by atoms with Gasteiger partial charge in [0.1, 0.15) is 12.5 Å². The minimum Gasteiger partial charge on any atom is -0.359 e. The summed E-state index contributed by atoms with van der Waals surface area (Å²) in [4.78, 5) is 0. The molecule has 0 aromatic heterocycles. The lowest BCUT2D eigenvalue weighted by atomic mass is 10.5. The zero-order valence-corrected chi connectivity index (χ0v) is 7.95. The molecule has 0 saturated carbocycles. The van der Waals surface area contributed by atoms with E-state index in [-0.39, 0.29) is 11.8 Å². The molecule has 0 fully saturated rings. The molecule has 0 rings (SSSR count). The summed E-state index contributed by atoms with van der Waals surface area (Å²) in [6, 6.07) is 0. The first-order chi connectivity index (χ1) is 5.87. The van der Waals surface area contributed by atoms with Gasteiger partial charge in [0.05, 0.1) is 10.8 Å². The van der Waals surface area contributed by atoms with Gasteiger partial charge >= 0.3 is 6.18 Å². The molecule has 2 unspecified atom stereocenters. The van der Waals surface area contributed by atoms with Crippen molar-refractivity contribution in [1.82, 2.24) is 0 Å². The second kappa shape index (κ2) is 5.56. The number of alkyl halides is 3. The molecule has 0 aromatic rings. The van der Waals surface area contributed by atoms with Crippen LogP contribution < -0.4 is 5.73 Å². The van der Waals surface area contributed by atoms with Crippen molar-refractivity contribution in [1.29, 1.82) is 0 Å². The van der Waals surface area contributed by atoms with Crippen LogP contribution in [0.25, 0.3) is 0 Å². The number of hydrogen-bond acceptors (Lipinski definition) is 3. The molecule has 13 heavy (non-hydrogen) atoms. The maximum Gasteiger partial charge on any atom is 0.411 e. The van der Waals surface area contributed by atoms with E-state index in [4.69, 9.17) is 5.73 Å². The molecule has 0 aromatic carbocycles. The Morgan fingerprint density at radius 3 is 2.46 bits per heavy atom. The number of ether oxygens (including phenoxy) is 1. The van der Waals surface area contributed by atoms with E-state index >= 15 is 0 Å². The number of hydrogen-bond donors (Lipinski definition) is 1. The normalized spacial score (nSPS) is 17.0. The molecule has 3 nitrogen and oxygen atoms in total. The highest BCUT2D eigenvalue weighted by Crippen LogP contribution is 2.14. The average molecular weight is 219 g/mol. The van der Waals surface area contributed by atoms with Crippen LogP contribution in [0.3, 0.4) is 0 Å². The summed E-state index contributed by atoms with van der Waals surface area (Å²) in [6.45, 7) is 0.394. The van der Waals surface area contributed by atoms with Crippen LogP contribution in [0.15, 0.2) is 0 Å². The first-order valence-electron chi connectivity index (χ1n) is 3.58. The Bertz CT molecular complexity index is 174. The predicted molar refractivity (Wildman–Crippen MR) is 43.5 cm³/mol. The molecule has 0 amide bonds. The second-order valence-corrected chi connectivity index (χ2v) is 4.31. The summed E-state index contributed by atoms with van der Waals surface area (Å²) in [7, 11) is -1.45. The van der Waals surface area contributed by atoms with E-state index in [1.54, 1.807) is 6.92 Å². The third-order valence-electron chi connectivity index (χ3n) is 1.25. The van der Waals surface area contributed by atoms with Crippen molar-refractivity contribution >= 4 is 10.8 Å². The lowest BCUT2D eigenvalue weighted by Gasteiger charge is -2.10. The Morgan fingerprint density at radius 2 is 2.08 bits per heavy atom.